The maximum Gasteiger partial charge on any atom is 0.342 e. The number of rotatable bonds is 7. The van der Waals surface area contributed by atoms with E-state index in [0.29, 0.717) is 41.4 Å². The van der Waals surface area contributed by atoms with E-state index in [0.717, 1.165) is 44.1 Å². The highest BCUT2D eigenvalue weighted by Crippen LogP contribution is 2.39. The average Bonchev–Trinajstić information content (AvgIpc) is 3.20. The molecule has 2 aliphatic rings. The van der Waals surface area contributed by atoms with Crippen LogP contribution >= 0.6 is 0 Å². The van der Waals surface area contributed by atoms with Crippen LogP contribution in [0.5, 0.6) is 5.75 Å². The number of aryl methyl sites for hydroxylation is 1. The van der Waals surface area contributed by atoms with Gasteiger partial charge in [0.25, 0.3) is 5.91 Å². The van der Waals surface area contributed by atoms with E-state index in [2.05, 4.69) is 28.9 Å². The quantitative estimate of drug-likeness (QED) is 0.569. The zero-order valence-electron chi connectivity index (χ0n) is 22.7. The van der Waals surface area contributed by atoms with Crippen molar-refractivity contribution in [2.45, 2.75) is 53.1 Å². The predicted octanol–water partition coefficient (Wildman–Crippen LogP) is 3.55. The highest BCUT2D eigenvalue weighted by atomic mass is 16.5. The molecule has 1 fully saturated rings. The van der Waals surface area contributed by atoms with E-state index in [9.17, 15) is 9.59 Å². The molecule has 0 unspecified atom stereocenters. The summed E-state index contributed by atoms with van der Waals surface area (Å²) < 4.78 is 16.9. The van der Waals surface area contributed by atoms with Gasteiger partial charge in [-0.05, 0) is 52.0 Å². The van der Waals surface area contributed by atoms with Gasteiger partial charge in [0, 0.05) is 54.1 Å². The molecule has 0 atom stereocenters. The number of hydrogen-bond donors (Lipinski definition) is 1. The summed E-state index contributed by atoms with van der Waals surface area (Å²) in [5, 5.41) is 7.49. The molecule has 2 aliphatic heterocycles. The van der Waals surface area contributed by atoms with E-state index in [1.54, 1.807) is 37.8 Å². The molecule has 0 radical (unpaired) electrons. The van der Waals surface area contributed by atoms with Crippen LogP contribution in [-0.2, 0) is 19.7 Å². The van der Waals surface area contributed by atoms with Crippen LogP contribution in [0.1, 0.15) is 61.9 Å². The molecular formula is C28H38N4O5. The van der Waals surface area contributed by atoms with Gasteiger partial charge < -0.3 is 19.1 Å². The second-order valence-electron chi connectivity index (χ2n) is 10.6. The number of H-pyrrole nitrogens is 1. The maximum atomic E-state index is 13.8. The highest BCUT2D eigenvalue weighted by Gasteiger charge is 2.40. The van der Waals surface area contributed by atoms with Gasteiger partial charge in [0.05, 0.1) is 19.3 Å². The first kappa shape index (κ1) is 26.9. The molecule has 2 aromatic rings. The van der Waals surface area contributed by atoms with Crippen molar-refractivity contribution >= 4 is 17.4 Å². The number of carbonyl (C=O) groups is 2. The third-order valence-electron chi connectivity index (χ3n) is 6.85. The molecular weight excluding hydrogens is 472 g/mol. The van der Waals surface area contributed by atoms with Crippen LogP contribution in [0.2, 0.25) is 0 Å². The number of hydrogen-bond acceptors (Lipinski definition) is 7. The number of aromatic nitrogens is 2. The van der Waals surface area contributed by atoms with Crippen LogP contribution < -0.4 is 4.74 Å². The van der Waals surface area contributed by atoms with Gasteiger partial charge >= 0.3 is 5.97 Å². The van der Waals surface area contributed by atoms with Gasteiger partial charge in [0.15, 0.2) is 0 Å². The molecule has 9 heteroatoms. The molecule has 0 saturated carbocycles. The number of esters is 1. The number of ether oxygens (including phenoxy) is 3. The van der Waals surface area contributed by atoms with E-state index >= 15 is 0 Å². The maximum absolute atomic E-state index is 13.8. The summed E-state index contributed by atoms with van der Waals surface area (Å²) in [6.45, 7) is 16.6. The van der Waals surface area contributed by atoms with Crippen LogP contribution in [0.3, 0.4) is 0 Å². The summed E-state index contributed by atoms with van der Waals surface area (Å²) in [4.78, 5) is 31.0. The lowest BCUT2D eigenvalue weighted by Crippen LogP contribution is -2.39. The van der Waals surface area contributed by atoms with Crippen molar-refractivity contribution in [1.82, 2.24) is 20.0 Å². The van der Waals surface area contributed by atoms with Gasteiger partial charge in [-0.15, -0.1) is 0 Å². The number of aromatic amines is 1. The first-order valence-corrected chi connectivity index (χ1v) is 12.9. The lowest BCUT2D eigenvalue weighted by atomic mass is 9.82. The van der Waals surface area contributed by atoms with E-state index in [1.807, 2.05) is 19.1 Å². The molecule has 0 aliphatic carbocycles. The summed E-state index contributed by atoms with van der Waals surface area (Å²) in [5.74, 6) is 0.0389. The van der Waals surface area contributed by atoms with E-state index < -0.39 is 11.4 Å². The molecule has 0 bridgehead atoms. The number of amides is 1. The third-order valence-corrected chi connectivity index (χ3v) is 6.85. The van der Waals surface area contributed by atoms with Crippen LogP contribution in [0, 0.1) is 6.92 Å². The van der Waals surface area contributed by atoms with Crippen molar-refractivity contribution in [3.05, 3.63) is 52.5 Å². The largest absolute Gasteiger partial charge is 0.492 e. The molecule has 37 heavy (non-hydrogen) atoms. The molecule has 1 aromatic heterocycles. The van der Waals surface area contributed by atoms with Gasteiger partial charge in [0.1, 0.15) is 23.6 Å². The molecule has 1 amide bonds. The molecule has 3 heterocycles. The lowest BCUT2D eigenvalue weighted by molar-refractivity contribution is -0.140. The molecule has 4 rings (SSSR count). The fourth-order valence-corrected chi connectivity index (χ4v) is 5.05. The Bertz CT molecular complexity index is 1160. The van der Waals surface area contributed by atoms with Crippen molar-refractivity contribution in [3.8, 4) is 5.75 Å². The zero-order chi connectivity index (χ0) is 26.7. The Labute approximate surface area is 218 Å². The number of fused-ring (bicyclic) bond motifs is 1. The van der Waals surface area contributed by atoms with Crippen molar-refractivity contribution in [1.29, 1.82) is 0 Å². The Morgan fingerprint density at radius 2 is 1.81 bits per heavy atom. The molecule has 200 valence electrons. The Morgan fingerprint density at radius 1 is 1.14 bits per heavy atom. The lowest BCUT2D eigenvalue weighted by Gasteiger charge is -2.31. The minimum atomic E-state index is -0.486. The molecule has 0 spiro atoms. The Hall–Kier alpha value is -3.17. The molecule has 1 saturated heterocycles. The summed E-state index contributed by atoms with van der Waals surface area (Å²) in [6.07, 6.45) is -0.299. The summed E-state index contributed by atoms with van der Waals surface area (Å²) in [7, 11) is 0. The SMILES string of the molecule is CC1=C(C(=O)OC(C)C)c2n[nH]c(C)c2C(C)(C)CN1C(=O)c1ccc(OCCN2CCOCC2)cc1. The highest BCUT2D eigenvalue weighted by molar-refractivity contribution is 6.18. The number of nitrogens with zero attached hydrogens (tertiary/aromatic N) is 3. The first-order chi connectivity index (χ1) is 17.6. The van der Waals surface area contributed by atoms with E-state index in [1.165, 1.54) is 0 Å². The Morgan fingerprint density at radius 3 is 2.46 bits per heavy atom. The number of allylic oxidation sites excluding steroid dienone is 1. The van der Waals surface area contributed by atoms with Gasteiger partial charge in [-0.1, -0.05) is 13.8 Å². The summed E-state index contributed by atoms with van der Waals surface area (Å²) in [5.41, 5.74) is 3.24. The topological polar surface area (TPSA) is 97.0 Å². The van der Waals surface area contributed by atoms with Gasteiger partial charge in [-0.2, -0.15) is 5.10 Å². The van der Waals surface area contributed by atoms with Crippen LogP contribution in [0.15, 0.2) is 30.0 Å². The molecule has 1 aromatic carbocycles. The molecule has 1 N–H and O–H groups in total. The summed E-state index contributed by atoms with van der Waals surface area (Å²) in [6, 6.07) is 7.18. The van der Waals surface area contributed by atoms with Crippen LogP contribution in [-0.4, -0.2) is 84.0 Å². The van der Waals surface area contributed by atoms with Crippen molar-refractivity contribution in [2.24, 2.45) is 0 Å². The van der Waals surface area contributed by atoms with Gasteiger partial charge in [-0.3, -0.25) is 14.8 Å². The fourth-order valence-electron chi connectivity index (χ4n) is 5.05. The number of morpholine rings is 1. The Balaban J connectivity index is 1.56. The standard InChI is InChI=1S/C28H38N4O5/c1-18(2)37-27(34)23-20(4)32(17-28(5,6)24-19(3)29-30-25(23)24)26(33)21-7-9-22(10-8-21)36-16-13-31-11-14-35-15-12-31/h7-10,18H,11-17H2,1-6H3,(H,29,30). The zero-order valence-corrected chi connectivity index (χ0v) is 22.7. The predicted molar refractivity (Wildman–Crippen MR) is 140 cm³/mol. The number of nitrogens with one attached hydrogen (secondary N) is 1. The van der Waals surface area contributed by atoms with Crippen molar-refractivity contribution in [2.75, 3.05) is 46.0 Å². The average molecular weight is 511 g/mol. The van der Waals surface area contributed by atoms with Gasteiger partial charge in [-0.25, -0.2) is 4.79 Å². The minimum absolute atomic E-state index is 0.188. The molecule has 9 nitrogen and oxygen atoms in total. The third kappa shape index (κ3) is 5.88. The van der Waals surface area contributed by atoms with E-state index in [4.69, 9.17) is 14.2 Å². The van der Waals surface area contributed by atoms with E-state index in [-0.39, 0.29) is 12.0 Å². The fraction of sp³-hybridized carbons (Fsp3) is 0.536. The monoisotopic (exact) mass is 510 g/mol. The second-order valence-corrected chi connectivity index (χ2v) is 10.6. The van der Waals surface area contributed by atoms with Gasteiger partial charge in [0.2, 0.25) is 0 Å². The first-order valence-electron chi connectivity index (χ1n) is 12.9. The van der Waals surface area contributed by atoms with Crippen molar-refractivity contribution in [3.63, 3.8) is 0 Å². The number of carbonyl (C=O) groups excluding carboxylic acids is 2. The summed E-state index contributed by atoms with van der Waals surface area (Å²) >= 11 is 0. The van der Waals surface area contributed by atoms with Crippen LogP contribution in [0.25, 0.3) is 5.57 Å². The second kappa shape index (κ2) is 11.1. The number of benzene rings is 1. The minimum Gasteiger partial charge on any atom is -0.492 e. The Kier molecular flexibility index (Phi) is 8.04. The van der Waals surface area contributed by atoms with Crippen molar-refractivity contribution < 1.29 is 23.8 Å². The normalized spacial score (nSPS) is 18.0. The van der Waals surface area contributed by atoms with Crippen LogP contribution in [0.4, 0.5) is 0 Å². The smallest absolute Gasteiger partial charge is 0.342 e.